The first-order chi connectivity index (χ1) is 9.30. The van der Waals surface area contributed by atoms with E-state index < -0.39 is 24.9 Å². The van der Waals surface area contributed by atoms with Gasteiger partial charge in [-0.1, -0.05) is 6.07 Å². The quantitative estimate of drug-likeness (QED) is 0.778. The summed E-state index contributed by atoms with van der Waals surface area (Å²) in [7, 11) is 0. The van der Waals surface area contributed by atoms with Crippen LogP contribution in [0.25, 0.3) is 0 Å². The van der Waals surface area contributed by atoms with E-state index in [0.717, 1.165) is 0 Å². The van der Waals surface area contributed by atoms with Gasteiger partial charge in [-0.2, -0.15) is 13.2 Å². The fraction of sp³-hybridized carbons (Fsp3) is 0.417. The number of rotatable bonds is 5. The minimum absolute atomic E-state index is 0.00432. The third kappa shape index (κ3) is 6.28. The van der Waals surface area contributed by atoms with Crippen LogP contribution in [0.1, 0.15) is 6.92 Å². The highest BCUT2D eigenvalue weighted by Gasteiger charge is 2.28. The summed E-state index contributed by atoms with van der Waals surface area (Å²) in [5.74, 6) is -0.00432. The van der Waals surface area contributed by atoms with Crippen LogP contribution in [0.2, 0.25) is 0 Å². The largest absolute Gasteiger partial charge is 0.484 e. The first-order valence-electron chi connectivity index (χ1n) is 5.78. The van der Waals surface area contributed by atoms with Crippen LogP contribution in [0, 0.1) is 0 Å². The molecule has 1 rings (SSSR count). The Bertz CT molecular complexity index is 452. The van der Waals surface area contributed by atoms with Gasteiger partial charge < -0.3 is 20.5 Å². The molecule has 0 aliphatic carbocycles. The Morgan fingerprint density at radius 1 is 1.45 bits per heavy atom. The number of carbonyl (C=O) groups is 1. The molecule has 20 heavy (non-hydrogen) atoms. The number of hydrogen-bond donors (Lipinski definition) is 3. The average Bonchev–Trinajstić information content (AvgIpc) is 2.35. The zero-order valence-electron chi connectivity index (χ0n) is 10.7. The van der Waals surface area contributed by atoms with E-state index in [1.54, 1.807) is 6.92 Å². The number of aliphatic hydroxyl groups excluding tert-OH is 1. The standard InChI is InChI=1S/C12H15F3N2O3/c1-8(6-18)16-11(19)17-9-3-2-4-10(5-9)20-7-12(13,14)15/h2-5,8,18H,6-7H2,1H3,(H2,16,17,19). The summed E-state index contributed by atoms with van der Waals surface area (Å²) in [6.45, 7) is -0.0191. The normalized spacial score (nSPS) is 12.7. The molecule has 5 nitrogen and oxygen atoms in total. The maximum Gasteiger partial charge on any atom is 0.422 e. The SMILES string of the molecule is CC(CO)NC(=O)Nc1cccc(OCC(F)(F)F)c1. The van der Waals surface area contributed by atoms with E-state index in [4.69, 9.17) is 5.11 Å². The lowest BCUT2D eigenvalue weighted by atomic mass is 10.3. The van der Waals surface area contributed by atoms with Crippen LogP contribution in [0.4, 0.5) is 23.7 Å². The van der Waals surface area contributed by atoms with Crippen molar-refractivity contribution >= 4 is 11.7 Å². The van der Waals surface area contributed by atoms with Crippen molar-refractivity contribution in [3.63, 3.8) is 0 Å². The predicted molar refractivity (Wildman–Crippen MR) is 66.7 cm³/mol. The molecule has 0 fully saturated rings. The summed E-state index contributed by atoms with van der Waals surface area (Å²) in [6.07, 6.45) is -4.42. The highest BCUT2D eigenvalue weighted by molar-refractivity contribution is 5.89. The van der Waals surface area contributed by atoms with Crippen LogP contribution in [-0.4, -0.2) is 36.6 Å². The van der Waals surface area contributed by atoms with Gasteiger partial charge in [0.1, 0.15) is 5.75 Å². The molecule has 8 heteroatoms. The van der Waals surface area contributed by atoms with Crippen molar-refractivity contribution in [2.75, 3.05) is 18.5 Å². The fourth-order valence-electron chi connectivity index (χ4n) is 1.27. The second-order valence-corrected chi connectivity index (χ2v) is 4.11. The molecule has 0 heterocycles. The zero-order chi connectivity index (χ0) is 15.2. The number of halogens is 3. The van der Waals surface area contributed by atoms with Gasteiger partial charge in [0, 0.05) is 11.8 Å². The van der Waals surface area contributed by atoms with E-state index >= 15 is 0 Å². The van der Waals surface area contributed by atoms with Gasteiger partial charge in [0.15, 0.2) is 6.61 Å². The summed E-state index contributed by atoms with van der Waals surface area (Å²) < 4.78 is 40.6. The first-order valence-corrected chi connectivity index (χ1v) is 5.78. The van der Waals surface area contributed by atoms with Gasteiger partial charge in [-0.25, -0.2) is 4.79 Å². The number of carbonyl (C=O) groups excluding carboxylic acids is 1. The van der Waals surface area contributed by atoms with Gasteiger partial charge in [0.05, 0.1) is 12.6 Å². The lowest BCUT2D eigenvalue weighted by Gasteiger charge is -2.13. The van der Waals surface area contributed by atoms with Crippen molar-refractivity contribution < 1.29 is 27.8 Å². The Morgan fingerprint density at radius 3 is 2.75 bits per heavy atom. The number of benzene rings is 1. The molecule has 0 radical (unpaired) electrons. The van der Waals surface area contributed by atoms with Crippen LogP contribution in [0.15, 0.2) is 24.3 Å². The molecule has 0 aliphatic rings. The molecule has 112 valence electrons. The number of ether oxygens (including phenoxy) is 1. The zero-order valence-corrected chi connectivity index (χ0v) is 10.7. The molecular formula is C12H15F3N2O3. The monoisotopic (exact) mass is 292 g/mol. The Labute approximate surface area is 113 Å². The van der Waals surface area contributed by atoms with E-state index in [1.165, 1.54) is 24.3 Å². The summed E-state index contributed by atoms with van der Waals surface area (Å²) in [5.41, 5.74) is 0.285. The second-order valence-electron chi connectivity index (χ2n) is 4.11. The van der Waals surface area contributed by atoms with Crippen molar-refractivity contribution in [3.8, 4) is 5.75 Å². The lowest BCUT2D eigenvalue weighted by Crippen LogP contribution is -2.38. The van der Waals surface area contributed by atoms with E-state index in [0.29, 0.717) is 0 Å². The third-order valence-electron chi connectivity index (χ3n) is 2.15. The molecule has 1 atom stereocenters. The molecule has 1 aromatic carbocycles. The van der Waals surface area contributed by atoms with Crippen LogP contribution in [0.5, 0.6) is 5.75 Å². The Balaban J connectivity index is 2.57. The van der Waals surface area contributed by atoms with Gasteiger partial charge in [0.25, 0.3) is 0 Å². The van der Waals surface area contributed by atoms with Crippen LogP contribution >= 0.6 is 0 Å². The molecule has 0 bridgehead atoms. The van der Waals surface area contributed by atoms with Gasteiger partial charge in [-0.05, 0) is 19.1 Å². The van der Waals surface area contributed by atoms with Gasteiger partial charge in [-0.15, -0.1) is 0 Å². The highest BCUT2D eigenvalue weighted by atomic mass is 19.4. The molecule has 1 unspecified atom stereocenters. The molecule has 0 spiro atoms. The molecule has 0 saturated heterocycles. The number of amides is 2. The summed E-state index contributed by atoms with van der Waals surface area (Å²) >= 11 is 0. The number of anilines is 1. The minimum atomic E-state index is -4.42. The summed E-state index contributed by atoms with van der Waals surface area (Å²) in [6, 6.07) is 4.58. The van der Waals surface area contributed by atoms with Crippen LogP contribution in [0.3, 0.4) is 0 Å². The molecule has 0 saturated carbocycles. The summed E-state index contributed by atoms with van der Waals surface area (Å²) in [4.78, 5) is 11.5. The van der Waals surface area contributed by atoms with Crippen molar-refractivity contribution in [3.05, 3.63) is 24.3 Å². The molecule has 0 aliphatic heterocycles. The molecular weight excluding hydrogens is 277 g/mol. The van der Waals surface area contributed by atoms with E-state index in [-0.39, 0.29) is 18.0 Å². The highest BCUT2D eigenvalue weighted by Crippen LogP contribution is 2.21. The van der Waals surface area contributed by atoms with Crippen molar-refractivity contribution in [2.24, 2.45) is 0 Å². The lowest BCUT2D eigenvalue weighted by molar-refractivity contribution is -0.153. The van der Waals surface area contributed by atoms with Crippen molar-refractivity contribution in [1.82, 2.24) is 5.32 Å². The van der Waals surface area contributed by atoms with Gasteiger partial charge >= 0.3 is 12.2 Å². The van der Waals surface area contributed by atoms with Crippen LogP contribution < -0.4 is 15.4 Å². The number of urea groups is 1. The topological polar surface area (TPSA) is 70.6 Å². The average molecular weight is 292 g/mol. The van der Waals surface area contributed by atoms with Gasteiger partial charge in [0.2, 0.25) is 0 Å². The first kappa shape index (κ1) is 16.1. The van der Waals surface area contributed by atoms with Crippen molar-refractivity contribution in [2.45, 2.75) is 19.1 Å². The molecule has 0 aromatic heterocycles. The maximum absolute atomic E-state index is 12.0. The Hall–Kier alpha value is -1.96. The van der Waals surface area contributed by atoms with E-state index in [2.05, 4.69) is 15.4 Å². The summed E-state index contributed by atoms with van der Waals surface area (Å²) in [5, 5.41) is 13.6. The van der Waals surface area contributed by atoms with Gasteiger partial charge in [-0.3, -0.25) is 0 Å². The number of hydrogen-bond acceptors (Lipinski definition) is 3. The number of alkyl halides is 3. The Kier molecular flexibility index (Phi) is 5.63. The maximum atomic E-state index is 12.0. The van der Waals surface area contributed by atoms with Crippen molar-refractivity contribution in [1.29, 1.82) is 0 Å². The molecule has 1 aromatic rings. The van der Waals surface area contributed by atoms with E-state index in [1.807, 2.05) is 0 Å². The fourth-order valence-corrected chi connectivity index (χ4v) is 1.27. The smallest absolute Gasteiger partial charge is 0.422 e. The van der Waals surface area contributed by atoms with Crippen LogP contribution in [-0.2, 0) is 0 Å². The molecule has 2 amide bonds. The number of aliphatic hydroxyl groups is 1. The van der Waals surface area contributed by atoms with E-state index in [9.17, 15) is 18.0 Å². The second kappa shape index (κ2) is 6.99. The third-order valence-corrected chi connectivity index (χ3v) is 2.15. The Morgan fingerprint density at radius 2 is 2.15 bits per heavy atom. The minimum Gasteiger partial charge on any atom is -0.484 e. The predicted octanol–water partition coefficient (Wildman–Crippen LogP) is 2.13. The molecule has 3 N–H and O–H groups in total. The number of nitrogens with one attached hydrogen (secondary N) is 2.